The SMILES string of the molecule is Cc1cc(C)n(-c2ccc(CCC(=O)NCc3ccc(F)cc3)cc2)n1. The molecule has 1 N–H and O–H groups in total. The zero-order valence-corrected chi connectivity index (χ0v) is 15.0. The van der Waals surface area contributed by atoms with Crippen LogP contribution in [0.4, 0.5) is 4.39 Å². The summed E-state index contributed by atoms with van der Waals surface area (Å²) in [7, 11) is 0. The molecule has 0 bridgehead atoms. The number of carbonyl (C=O) groups is 1. The lowest BCUT2D eigenvalue weighted by Crippen LogP contribution is -2.22. The van der Waals surface area contributed by atoms with E-state index >= 15 is 0 Å². The number of aromatic nitrogens is 2. The molecule has 0 aliphatic heterocycles. The third kappa shape index (κ3) is 4.57. The lowest BCUT2D eigenvalue weighted by molar-refractivity contribution is -0.121. The number of aryl methyl sites for hydroxylation is 3. The third-order valence-corrected chi connectivity index (χ3v) is 4.23. The van der Waals surface area contributed by atoms with Crippen LogP contribution < -0.4 is 5.32 Å². The Morgan fingerprint density at radius 1 is 1.04 bits per heavy atom. The van der Waals surface area contributed by atoms with Gasteiger partial charge in [-0.15, -0.1) is 0 Å². The summed E-state index contributed by atoms with van der Waals surface area (Å²) in [6, 6.07) is 16.3. The van der Waals surface area contributed by atoms with E-state index in [0.717, 1.165) is 28.2 Å². The maximum absolute atomic E-state index is 12.9. The molecular formula is C21H22FN3O. The molecule has 134 valence electrons. The van der Waals surface area contributed by atoms with Gasteiger partial charge in [0.15, 0.2) is 0 Å². The fourth-order valence-corrected chi connectivity index (χ4v) is 2.84. The number of hydrogen-bond acceptors (Lipinski definition) is 2. The first-order valence-electron chi connectivity index (χ1n) is 8.65. The monoisotopic (exact) mass is 351 g/mol. The molecule has 0 fully saturated rings. The van der Waals surface area contributed by atoms with E-state index in [1.165, 1.54) is 12.1 Å². The van der Waals surface area contributed by atoms with E-state index in [1.54, 1.807) is 12.1 Å². The summed E-state index contributed by atoms with van der Waals surface area (Å²) in [5.74, 6) is -0.291. The number of nitrogens with one attached hydrogen (secondary N) is 1. The molecule has 3 aromatic rings. The minimum absolute atomic E-state index is 0.0167. The van der Waals surface area contributed by atoms with E-state index in [1.807, 2.05) is 48.9 Å². The van der Waals surface area contributed by atoms with Crippen molar-refractivity contribution in [2.75, 3.05) is 0 Å². The first kappa shape index (κ1) is 17.9. The first-order chi connectivity index (χ1) is 12.5. The number of halogens is 1. The van der Waals surface area contributed by atoms with E-state index in [0.29, 0.717) is 19.4 Å². The van der Waals surface area contributed by atoms with Gasteiger partial charge in [0.05, 0.1) is 11.4 Å². The molecule has 0 spiro atoms. The van der Waals surface area contributed by atoms with Gasteiger partial charge in [-0.25, -0.2) is 9.07 Å². The maximum Gasteiger partial charge on any atom is 0.220 e. The normalized spacial score (nSPS) is 10.7. The molecule has 1 amide bonds. The van der Waals surface area contributed by atoms with Gasteiger partial charge < -0.3 is 5.32 Å². The molecule has 3 rings (SSSR count). The molecule has 26 heavy (non-hydrogen) atoms. The molecule has 0 radical (unpaired) electrons. The Bertz CT molecular complexity index is 883. The van der Waals surface area contributed by atoms with Gasteiger partial charge in [0.1, 0.15) is 5.82 Å². The Morgan fingerprint density at radius 3 is 2.31 bits per heavy atom. The molecule has 0 saturated carbocycles. The first-order valence-corrected chi connectivity index (χ1v) is 8.65. The van der Waals surface area contributed by atoms with Crippen LogP contribution in [-0.4, -0.2) is 15.7 Å². The highest BCUT2D eigenvalue weighted by atomic mass is 19.1. The van der Waals surface area contributed by atoms with Crippen molar-refractivity contribution in [3.8, 4) is 5.69 Å². The summed E-state index contributed by atoms with van der Waals surface area (Å²) >= 11 is 0. The number of nitrogens with zero attached hydrogens (tertiary/aromatic N) is 2. The Kier molecular flexibility index (Phi) is 5.46. The van der Waals surface area contributed by atoms with Gasteiger partial charge in [0.25, 0.3) is 0 Å². The topological polar surface area (TPSA) is 46.9 Å². The molecule has 4 nitrogen and oxygen atoms in total. The summed E-state index contributed by atoms with van der Waals surface area (Å²) in [6.45, 7) is 4.41. The molecule has 0 saturated heterocycles. The van der Waals surface area contributed by atoms with E-state index in [-0.39, 0.29) is 11.7 Å². The molecule has 5 heteroatoms. The van der Waals surface area contributed by atoms with Gasteiger partial charge in [-0.2, -0.15) is 5.10 Å². The minimum Gasteiger partial charge on any atom is -0.352 e. The largest absolute Gasteiger partial charge is 0.352 e. The van der Waals surface area contributed by atoms with Gasteiger partial charge in [0.2, 0.25) is 5.91 Å². The van der Waals surface area contributed by atoms with Crippen LogP contribution in [-0.2, 0) is 17.8 Å². The highest BCUT2D eigenvalue weighted by Crippen LogP contribution is 2.14. The second-order valence-corrected chi connectivity index (χ2v) is 6.41. The molecule has 0 atom stereocenters. The molecule has 1 heterocycles. The van der Waals surface area contributed by atoms with Gasteiger partial charge in [-0.05, 0) is 61.7 Å². The van der Waals surface area contributed by atoms with Gasteiger partial charge in [-0.1, -0.05) is 24.3 Å². The van der Waals surface area contributed by atoms with Gasteiger partial charge in [0, 0.05) is 18.7 Å². The lowest BCUT2D eigenvalue weighted by atomic mass is 10.1. The summed E-state index contributed by atoms with van der Waals surface area (Å²) in [6.07, 6.45) is 1.09. The Hall–Kier alpha value is -2.95. The number of hydrogen-bond donors (Lipinski definition) is 1. The summed E-state index contributed by atoms with van der Waals surface area (Å²) in [4.78, 5) is 12.0. The second-order valence-electron chi connectivity index (χ2n) is 6.41. The zero-order valence-electron chi connectivity index (χ0n) is 15.0. The van der Waals surface area contributed by atoms with E-state index in [2.05, 4.69) is 10.4 Å². The van der Waals surface area contributed by atoms with Crippen LogP contribution in [0, 0.1) is 19.7 Å². The number of rotatable bonds is 6. The average molecular weight is 351 g/mol. The predicted octanol–water partition coefficient (Wildman–Crippen LogP) is 3.88. The van der Waals surface area contributed by atoms with E-state index in [9.17, 15) is 9.18 Å². The smallest absolute Gasteiger partial charge is 0.220 e. The number of benzene rings is 2. The van der Waals surface area contributed by atoms with Crippen LogP contribution in [0.5, 0.6) is 0 Å². The van der Waals surface area contributed by atoms with Crippen molar-refractivity contribution >= 4 is 5.91 Å². The quantitative estimate of drug-likeness (QED) is 0.733. The van der Waals surface area contributed by atoms with Crippen LogP contribution in [0.3, 0.4) is 0 Å². The van der Waals surface area contributed by atoms with Crippen molar-refractivity contribution in [2.45, 2.75) is 33.2 Å². The highest BCUT2D eigenvalue weighted by molar-refractivity contribution is 5.76. The zero-order chi connectivity index (χ0) is 18.5. The molecule has 0 aliphatic rings. The number of carbonyl (C=O) groups excluding carboxylic acids is 1. The number of amides is 1. The van der Waals surface area contributed by atoms with Gasteiger partial charge in [-0.3, -0.25) is 4.79 Å². The van der Waals surface area contributed by atoms with Crippen molar-refractivity contribution in [3.63, 3.8) is 0 Å². The molecule has 1 aromatic heterocycles. The highest BCUT2D eigenvalue weighted by Gasteiger charge is 2.06. The fraction of sp³-hybridized carbons (Fsp3) is 0.238. The van der Waals surface area contributed by atoms with Crippen molar-refractivity contribution in [2.24, 2.45) is 0 Å². The molecule has 2 aromatic carbocycles. The van der Waals surface area contributed by atoms with Crippen molar-refractivity contribution < 1.29 is 9.18 Å². The van der Waals surface area contributed by atoms with Crippen molar-refractivity contribution in [1.29, 1.82) is 0 Å². The second kappa shape index (κ2) is 7.95. The fourth-order valence-electron chi connectivity index (χ4n) is 2.84. The van der Waals surface area contributed by atoms with Crippen molar-refractivity contribution in [3.05, 3.63) is 82.9 Å². The van der Waals surface area contributed by atoms with Crippen LogP contribution in [0.15, 0.2) is 54.6 Å². The van der Waals surface area contributed by atoms with Gasteiger partial charge >= 0.3 is 0 Å². The minimum atomic E-state index is -0.274. The van der Waals surface area contributed by atoms with Crippen LogP contribution in [0.25, 0.3) is 5.69 Å². The van der Waals surface area contributed by atoms with Crippen molar-refractivity contribution in [1.82, 2.24) is 15.1 Å². The van der Waals surface area contributed by atoms with E-state index < -0.39 is 0 Å². The Morgan fingerprint density at radius 2 is 1.69 bits per heavy atom. The maximum atomic E-state index is 12.9. The van der Waals surface area contributed by atoms with Crippen LogP contribution in [0.2, 0.25) is 0 Å². The molecular weight excluding hydrogens is 329 g/mol. The van der Waals surface area contributed by atoms with Crippen LogP contribution >= 0.6 is 0 Å². The Balaban J connectivity index is 1.50. The standard InChI is InChI=1S/C21H22FN3O/c1-15-13-16(2)25(24-15)20-10-5-17(6-11-20)7-12-21(26)23-14-18-3-8-19(22)9-4-18/h3-6,8-11,13H,7,12,14H2,1-2H3,(H,23,26). The Labute approximate surface area is 152 Å². The lowest BCUT2D eigenvalue weighted by Gasteiger charge is -2.07. The summed E-state index contributed by atoms with van der Waals surface area (Å²) < 4.78 is 14.8. The van der Waals surface area contributed by atoms with Crippen LogP contribution in [0.1, 0.15) is 28.9 Å². The predicted molar refractivity (Wildman–Crippen MR) is 99.6 cm³/mol. The summed E-state index contributed by atoms with van der Waals surface area (Å²) in [5, 5.41) is 7.33. The molecule has 0 unspecified atom stereocenters. The average Bonchev–Trinajstić information content (AvgIpc) is 2.98. The third-order valence-electron chi connectivity index (χ3n) is 4.23. The summed E-state index contributed by atoms with van der Waals surface area (Å²) in [5.41, 5.74) is 5.08. The van der Waals surface area contributed by atoms with E-state index in [4.69, 9.17) is 0 Å². The molecule has 0 aliphatic carbocycles.